The third-order valence-corrected chi connectivity index (χ3v) is 4.40. The number of ether oxygens (including phenoxy) is 2. The van der Waals surface area contributed by atoms with Gasteiger partial charge in [0.05, 0.1) is 13.7 Å². The molecule has 1 N–H and O–H groups in total. The number of nitrogens with one attached hydrogen (secondary N) is 1. The predicted molar refractivity (Wildman–Crippen MR) is 79.5 cm³/mol. The Morgan fingerprint density at radius 1 is 1.40 bits per heavy atom. The fourth-order valence-electron chi connectivity index (χ4n) is 3.21. The van der Waals surface area contributed by atoms with Gasteiger partial charge in [-0.25, -0.2) is 0 Å². The highest BCUT2D eigenvalue weighted by Crippen LogP contribution is 2.34. The van der Waals surface area contributed by atoms with E-state index in [4.69, 9.17) is 9.47 Å². The van der Waals surface area contributed by atoms with Crippen LogP contribution in [0.2, 0.25) is 0 Å². The molecule has 1 aromatic carbocycles. The van der Waals surface area contributed by atoms with Crippen molar-refractivity contribution in [2.45, 2.75) is 18.9 Å². The summed E-state index contributed by atoms with van der Waals surface area (Å²) in [5.74, 6) is 2.68. The third-order valence-electron chi connectivity index (χ3n) is 4.40. The maximum Gasteiger partial charge on any atom is 0.124 e. The summed E-state index contributed by atoms with van der Waals surface area (Å²) in [6, 6.07) is 6.48. The van der Waals surface area contributed by atoms with Crippen molar-refractivity contribution in [3.05, 3.63) is 23.8 Å². The second kappa shape index (κ2) is 6.02. The summed E-state index contributed by atoms with van der Waals surface area (Å²) in [5.41, 5.74) is 1.24. The van der Waals surface area contributed by atoms with Crippen molar-refractivity contribution in [2.24, 2.45) is 5.92 Å². The number of hydrogen-bond acceptors (Lipinski definition) is 4. The molecule has 1 fully saturated rings. The van der Waals surface area contributed by atoms with Crippen molar-refractivity contribution in [1.29, 1.82) is 0 Å². The number of benzene rings is 1. The van der Waals surface area contributed by atoms with Gasteiger partial charge in [-0.15, -0.1) is 0 Å². The van der Waals surface area contributed by atoms with Gasteiger partial charge in [-0.3, -0.25) is 0 Å². The zero-order chi connectivity index (χ0) is 13.9. The maximum absolute atomic E-state index is 5.74. The summed E-state index contributed by atoms with van der Waals surface area (Å²) in [4.78, 5) is 2.41. The molecular weight excluding hydrogens is 252 g/mol. The van der Waals surface area contributed by atoms with Crippen LogP contribution >= 0.6 is 0 Å². The summed E-state index contributed by atoms with van der Waals surface area (Å²) < 4.78 is 11.1. The minimum atomic E-state index is 0.389. The molecule has 2 unspecified atom stereocenters. The Labute approximate surface area is 121 Å². The van der Waals surface area contributed by atoms with E-state index >= 15 is 0 Å². The molecule has 0 aliphatic carbocycles. The van der Waals surface area contributed by atoms with Crippen molar-refractivity contribution in [3.63, 3.8) is 0 Å². The normalized spacial score (nSPS) is 26.1. The van der Waals surface area contributed by atoms with E-state index in [9.17, 15) is 0 Å². The van der Waals surface area contributed by atoms with Crippen LogP contribution in [0.4, 0.5) is 0 Å². The highest BCUT2D eigenvalue weighted by molar-refractivity contribution is 5.43. The molecule has 0 amide bonds. The quantitative estimate of drug-likeness (QED) is 0.912. The molecule has 2 atom stereocenters. The fourth-order valence-corrected chi connectivity index (χ4v) is 3.21. The van der Waals surface area contributed by atoms with Crippen molar-refractivity contribution >= 4 is 0 Å². The zero-order valence-electron chi connectivity index (χ0n) is 12.4. The lowest BCUT2D eigenvalue weighted by atomic mass is 9.99. The van der Waals surface area contributed by atoms with Crippen LogP contribution < -0.4 is 14.8 Å². The summed E-state index contributed by atoms with van der Waals surface area (Å²) in [5, 5.41) is 3.73. The van der Waals surface area contributed by atoms with Crippen molar-refractivity contribution in [2.75, 3.05) is 40.4 Å². The first-order valence-corrected chi connectivity index (χ1v) is 7.49. The average Bonchev–Trinajstić information content (AvgIpc) is 2.90. The number of fused-ring (bicyclic) bond motifs is 1. The van der Waals surface area contributed by atoms with E-state index in [-0.39, 0.29) is 0 Å². The molecule has 1 saturated heterocycles. The Hall–Kier alpha value is -1.26. The lowest BCUT2D eigenvalue weighted by Gasteiger charge is -2.28. The van der Waals surface area contributed by atoms with Gasteiger partial charge >= 0.3 is 0 Å². The number of methoxy groups -OCH3 is 1. The molecule has 2 heterocycles. The minimum Gasteiger partial charge on any atom is -0.497 e. The Bertz CT molecular complexity index is 464. The SMILES string of the molecule is COc1ccc2c(c1)C(NCC1CCN(C)C1)CCO2. The molecule has 3 rings (SSSR count). The van der Waals surface area contributed by atoms with Gasteiger partial charge in [0.1, 0.15) is 11.5 Å². The average molecular weight is 276 g/mol. The van der Waals surface area contributed by atoms with E-state index in [1.807, 2.05) is 12.1 Å². The van der Waals surface area contributed by atoms with Gasteiger partial charge in [-0.2, -0.15) is 0 Å². The molecule has 110 valence electrons. The van der Waals surface area contributed by atoms with Crippen LogP contribution in [-0.4, -0.2) is 45.3 Å². The lowest BCUT2D eigenvalue weighted by molar-refractivity contribution is 0.247. The molecular formula is C16H24N2O2. The van der Waals surface area contributed by atoms with Gasteiger partial charge in [-0.1, -0.05) is 0 Å². The van der Waals surface area contributed by atoms with Crippen LogP contribution in [-0.2, 0) is 0 Å². The Morgan fingerprint density at radius 3 is 3.05 bits per heavy atom. The summed E-state index contributed by atoms with van der Waals surface area (Å²) in [6.45, 7) is 4.32. The lowest BCUT2D eigenvalue weighted by Crippen LogP contribution is -2.32. The smallest absolute Gasteiger partial charge is 0.124 e. The third kappa shape index (κ3) is 2.91. The van der Waals surface area contributed by atoms with Gasteiger partial charge in [-0.05, 0) is 50.7 Å². The molecule has 0 bridgehead atoms. The van der Waals surface area contributed by atoms with Crippen molar-refractivity contribution in [1.82, 2.24) is 10.2 Å². The van der Waals surface area contributed by atoms with Gasteiger partial charge in [0.2, 0.25) is 0 Å². The monoisotopic (exact) mass is 276 g/mol. The molecule has 2 aliphatic rings. The second-order valence-electron chi connectivity index (χ2n) is 5.92. The molecule has 0 radical (unpaired) electrons. The summed E-state index contributed by atoms with van der Waals surface area (Å²) in [6.07, 6.45) is 2.33. The van der Waals surface area contributed by atoms with Crippen LogP contribution in [0, 0.1) is 5.92 Å². The highest BCUT2D eigenvalue weighted by Gasteiger charge is 2.24. The second-order valence-corrected chi connectivity index (χ2v) is 5.92. The first-order chi connectivity index (χ1) is 9.76. The first-order valence-electron chi connectivity index (χ1n) is 7.49. The van der Waals surface area contributed by atoms with Gasteiger partial charge in [0, 0.05) is 24.6 Å². The largest absolute Gasteiger partial charge is 0.497 e. The van der Waals surface area contributed by atoms with E-state index in [2.05, 4.69) is 23.3 Å². The van der Waals surface area contributed by atoms with Crippen LogP contribution in [0.3, 0.4) is 0 Å². The van der Waals surface area contributed by atoms with Crippen LogP contribution in [0.5, 0.6) is 11.5 Å². The van der Waals surface area contributed by atoms with Gasteiger partial charge in [0.15, 0.2) is 0 Å². The summed E-state index contributed by atoms with van der Waals surface area (Å²) >= 11 is 0. The van der Waals surface area contributed by atoms with E-state index in [1.165, 1.54) is 25.1 Å². The van der Waals surface area contributed by atoms with E-state index in [0.717, 1.165) is 37.0 Å². The van der Waals surface area contributed by atoms with Gasteiger partial charge < -0.3 is 19.7 Å². The molecule has 0 aromatic heterocycles. The number of nitrogens with zero attached hydrogens (tertiary/aromatic N) is 1. The van der Waals surface area contributed by atoms with E-state index in [0.29, 0.717) is 6.04 Å². The topological polar surface area (TPSA) is 33.7 Å². The molecule has 20 heavy (non-hydrogen) atoms. The van der Waals surface area contributed by atoms with Crippen molar-refractivity contribution in [3.8, 4) is 11.5 Å². The molecule has 2 aliphatic heterocycles. The number of rotatable bonds is 4. The Balaban J connectivity index is 1.66. The molecule has 1 aromatic rings. The van der Waals surface area contributed by atoms with Crippen LogP contribution in [0.15, 0.2) is 18.2 Å². The Kier molecular flexibility index (Phi) is 4.13. The molecule has 0 saturated carbocycles. The maximum atomic E-state index is 5.74. The Morgan fingerprint density at radius 2 is 2.30 bits per heavy atom. The van der Waals surface area contributed by atoms with Crippen LogP contribution in [0.1, 0.15) is 24.4 Å². The highest BCUT2D eigenvalue weighted by atomic mass is 16.5. The fraction of sp³-hybridized carbons (Fsp3) is 0.625. The van der Waals surface area contributed by atoms with Gasteiger partial charge in [0.25, 0.3) is 0 Å². The minimum absolute atomic E-state index is 0.389. The first kappa shape index (κ1) is 13.7. The number of hydrogen-bond donors (Lipinski definition) is 1. The molecule has 4 heteroatoms. The van der Waals surface area contributed by atoms with E-state index in [1.54, 1.807) is 7.11 Å². The molecule has 4 nitrogen and oxygen atoms in total. The summed E-state index contributed by atoms with van der Waals surface area (Å²) in [7, 11) is 3.91. The van der Waals surface area contributed by atoms with E-state index < -0.39 is 0 Å². The standard InChI is InChI=1S/C16H24N2O2/c1-18-7-5-12(11-18)10-17-15-6-8-20-16-4-3-13(19-2)9-14(15)16/h3-4,9,12,15,17H,5-8,10-11H2,1-2H3. The molecule has 0 spiro atoms. The van der Waals surface area contributed by atoms with Crippen molar-refractivity contribution < 1.29 is 9.47 Å². The zero-order valence-corrected chi connectivity index (χ0v) is 12.4. The van der Waals surface area contributed by atoms with Crippen LogP contribution in [0.25, 0.3) is 0 Å². The number of likely N-dealkylation sites (tertiary alicyclic amines) is 1. The predicted octanol–water partition coefficient (Wildman–Crippen LogP) is 2.06.